The quantitative estimate of drug-likeness (QED) is 0.544. The van der Waals surface area contributed by atoms with Gasteiger partial charge < -0.3 is 4.74 Å². The second kappa shape index (κ2) is 10.0. The molecule has 0 aliphatic carbocycles. The van der Waals surface area contributed by atoms with Gasteiger partial charge in [0.1, 0.15) is 6.10 Å². The third-order valence-corrected chi connectivity index (χ3v) is 8.99. The van der Waals surface area contributed by atoms with Crippen molar-refractivity contribution < 1.29 is 17.9 Å². The molecular weight excluding hydrogens is 494 g/mol. The molecule has 0 bridgehead atoms. The van der Waals surface area contributed by atoms with Crippen LogP contribution in [0.2, 0.25) is 0 Å². The van der Waals surface area contributed by atoms with E-state index in [2.05, 4.69) is 37.9 Å². The normalized spacial score (nSPS) is 23.3. The minimum absolute atomic E-state index is 0.0518. The molecule has 7 nitrogen and oxygen atoms in total. The third-order valence-electron chi connectivity index (χ3n) is 6.08. The zero-order chi connectivity index (χ0) is 22.7. The lowest BCUT2D eigenvalue weighted by Gasteiger charge is -2.38. The molecular formula is C23H28BrN3O4S. The Hall–Kier alpha value is -1.78. The standard InChI is InChI=1S/C23H28BrN3O4S/c1-18(28)31-22-17-25(15-19-7-3-2-4-8-19)16-21(22)26-11-13-27(14-12-26)32(29,30)23-10-6-5-9-20(23)24/h2-10,21-22H,11-17H2,1H3. The molecule has 2 heterocycles. The van der Waals surface area contributed by atoms with E-state index in [1.165, 1.54) is 12.5 Å². The summed E-state index contributed by atoms with van der Waals surface area (Å²) in [5.74, 6) is -0.281. The van der Waals surface area contributed by atoms with Gasteiger partial charge in [0, 0.05) is 57.2 Å². The van der Waals surface area contributed by atoms with Crippen molar-refractivity contribution in [2.24, 2.45) is 0 Å². The number of benzene rings is 2. The second-order valence-electron chi connectivity index (χ2n) is 8.27. The summed E-state index contributed by atoms with van der Waals surface area (Å²) in [7, 11) is -3.56. The van der Waals surface area contributed by atoms with Crippen LogP contribution < -0.4 is 0 Å². The molecule has 4 rings (SSSR count). The first-order chi connectivity index (χ1) is 15.3. The summed E-state index contributed by atoms with van der Waals surface area (Å²) in [6.45, 7) is 5.72. The van der Waals surface area contributed by atoms with Gasteiger partial charge in [-0.1, -0.05) is 42.5 Å². The summed E-state index contributed by atoms with van der Waals surface area (Å²) < 4.78 is 34.0. The average Bonchev–Trinajstić information content (AvgIpc) is 3.16. The molecule has 2 saturated heterocycles. The number of piperazine rings is 1. The minimum Gasteiger partial charge on any atom is -0.459 e. The van der Waals surface area contributed by atoms with Crippen LogP contribution in [0, 0.1) is 0 Å². The largest absolute Gasteiger partial charge is 0.459 e. The molecule has 172 valence electrons. The average molecular weight is 522 g/mol. The van der Waals surface area contributed by atoms with Gasteiger partial charge in [0.05, 0.1) is 10.9 Å². The second-order valence-corrected chi connectivity index (χ2v) is 11.0. The van der Waals surface area contributed by atoms with E-state index < -0.39 is 10.0 Å². The van der Waals surface area contributed by atoms with Gasteiger partial charge in [0.2, 0.25) is 10.0 Å². The number of likely N-dealkylation sites (tertiary alicyclic amines) is 1. The zero-order valence-corrected chi connectivity index (χ0v) is 20.5. The van der Waals surface area contributed by atoms with Crippen molar-refractivity contribution in [3.05, 3.63) is 64.6 Å². The van der Waals surface area contributed by atoms with Crippen LogP contribution in [0.3, 0.4) is 0 Å². The number of halogens is 1. The smallest absolute Gasteiger partial charge is 0.303 e. The molecule has 0 aromatic heterocycles. The van der Waals surface area contributed by atoms with Crippen LogP contribution in [0.25, 0.3) is 0 Å². The van der Waals surface area contributed by atoms with Crippen molar-refractivity contribution >= 4 is 31.9 Å². The Morgan fingerprint density at radius 3 is 2.31 bits per heavy atom. The van der Waals surface area contributed by atoms with E-state index in [0.717, 1.165) is 13.1 Å². The highest BCUT2D eigenvalue weighted by molar-refractivity contribution is 9.10. The minimum atomic E-state index is -3.56. The van der Waals surface area contributed by atoms with Crippen LogP contribution in [0.4, 0.5) is 0 Å². The molecule has 2 fully saturated rings. The van der Waals surface area contributed by atoms with Crippen molar-refractivity contribution in [3.8, 4) is 0 Å². The number of ether oxygens (including phenoxy) is 1. The molecule has 0 amide bonds. The van der Waals surface area contributed by atoms with E-state index in [1.54, 1.807) is 28.6 Å². The van der Waals surface area contributed by atoms with E-state index in [9.17, 15) is 13.2 Å². The predicted octanol–water partition coefficient (Wildman–Crippen LogP) is 2.57. The maximum atomic E-state index is 13.1. The van der Waals surface area contributed by atoms with E-state index in [4.69, 9.17) is 4.74 Å². The lowest BCUT2D eigenvalue weighted by molar-refractivity contribution is -0.148. The van der Waals surface area contributed by atoms with Crippen molar-refractivity contribution in [2.75, 3.05) is 39.3 Å². The Kier molecular flexibility index (Phi) is 7.31. The van der Waals surface area contributed by atoms with Crippen molar-refractivity contribution in [2.45, 2.75) is 30.5 Å². The zero-order valence-electron chi connectivity index (χ0n) is 18.1. The van der Waals surface area contributed by atoms with Crippen LogP contribution in [-0.4, -0.2) is 79.9 Å². The van der Waals surface area contributed by atoms with Gasteiger partial charge in [-0.25, -0.2) is 8.42 Å². The number of rotatable bonds is 6. The monoisotopic (exact) mass is 521 g/mol. The highest BCUT2D eigenvalue weighted by Crippen LogP contribution is 2.27. The third kappa shape index (κ3) is 5.23. The topological polar surface area (TPSA) is 70.2 Å². The Balaban J connectivity index is 1.42. The van der Waals surface area contributed by atoms with Crippen LogP contribution in [0.1, 0.15) is 12.5 Å². The van der Waals surface area contributed by atoms with Crippen LogP contribution in [0.5, 0.6) is 0 Å². The van der Waals surface area contributed by atoms with Crippen LogP contribution in [0.15, 0.2) is 64.0 Å². The van der Waals surface area contributed by atoms with E-state index >= 15 is 0 Å². The molecule has 0 spiro atoms. The lowest BCUT2D eigenvalue weighted by atomic mass is 10.1. The van der Waals surface area contributed by atoms with Crippen LogP contribution in [-0.2, 0) is 26.1 Å². The fourth-order valence-electron chi connectivity index (χ4n) is 4.55. The summed E-state index contributed by atoms with van der Waals surface area (Å²) >= 11 is 3.36. The lowest BCUT2D eigenvalue weighted by Crippen LogP contribution is -2.55. The number of esters is 1. The van der Waals surface area contributed by atoms with Crippen LogP contribution >= 0.6 is 15.9 Å². The van der Waals surface area contributed by atoms with Gasteiger partial charge in [-0.3, -0.25) is 14.6 Å². The maximum absolute atomic E-state index is 13.1. The SMILES string of the molecule is CC(=O)OC1CN(Cc2ccccc2)CC1N1CCN(S(=O)(=O)c2ccccc2Br)CC1. The first-order valence-electron chi connectivity index (χ1n) is 10.8. The fraction of sp³-hybridized carbons (Fsp3) is 0.435. The highest BCUT2D eigenvalue weighted by atomic mass is 79.9. The first kappa shape index (κ1) is 23.4. The summed E-state index contributed by atoms with van der Waals surface area (Å²) in [4.78, 5) is 16.6. The summed E-state index contributed by atoms with van der Waals surface area (Å²) in [6.07, 6.45) is -0.220. The number of carbonyl (C=O) groups is 1. The highest BCUT2D eigenvalue weighted by Gasteiger charge is 2.41. The number of hydrogen-bond acceptors (Lipinski definition) is 6. The number of sulfonamides is 1. The van der Waals surface area contributed by atoms with Crippen molar-refractivity contribution in [3.63, 3.8) is 0 Å². The maximum Gasteiger partial charge on any atom is 0.303 e. The van der Waals surface area contributed by atoms with E-state index in [0.29, 0.717) is 42.1 Å². The molecule has 2 aliphatic rings. The first-order valence-corrected chi connectivity index (χ1v) is 13.0. The summed E-state index contributed by atoms with van der Waals surface area (Å²) in [5.41, 5.74) is 1.22. The molecule has 2 atom stereocenters. The molecule has 32 heavy (non-hydrogen) atoms. The van der Waals surface area contributed by atoms with Gasteiger partial charge in [-0.05, 0) is 33.6 Å². The molecule has 2 aromatic rings. The van der Waals surface area contributed by atoms with Gasteiger partial charge in [-0.15, -0.1) is 0 Å². The van der Waals surface area contributed by atoms with Gasteiger partial charge >= 0.3 is 5.97 Å². The van der Waals surface area contributed by atoms with Crippen molar-refractivity contribution in [1.29, 1.82) is 0 Å². The Labute approximate surface area is 198 Å². The number of nitrogens with zero attached hydrogens (tertiary/aromatic N) is 3. The van der Waals surface area contributed by atoms with Crippen molar-refractivity contribution in [1.82, 2.24) is 14.1 Å². The molecule has 2 aliphatic heterocycles. The number of carbonyl (C=O) groups excluding carboxylic acids is 1. The Bertz CT molecular complexity index is 1040. The Morgan fingerprint density at radius 2 is 1.66 bits per heavy atom. The summed E-state index contributed by atoms with van der Waals surface area (Å²) in [5, 5.41) is 0. The molecule has 0 saturated carbocycles. The Morgan fingerprint density at radius 1 is 1.00 bits per heavy atom. The van der Waals surface area contributed by atoms with Gasteiger partial charge in [0.15, 0.2) is 0 Å². The molecule has 0 radical (unpaired) electrons. The predicted molar refractivity (Wildman–Crippen MR) is 126 cm³/mol. The molecule has 2 unspecified atom stereocenters. The molecule has 9 heteroatoms. The summed E-state index contributed by atoms with van der Waals surface area (Å²) in [6, 6.07) is 17.2. The van der Waals surface area contributed by atoms with Gasteiger partial charge in [-0.2, -0.15) is 4.31 Å². The van der Waals surface area contributed by atoms with Gasteiger partial charge in [0.25, 0.3) is 0 Å². The van der Waals surface area contributed by atoms with E-state index in [1.807, 2.05) is 18.2 Å². The fourth-order valence-corrected chi connectivity index (χ4v) is 6.94. The van der Waals surface area contributed by atoms with E-state index in [-0.39, 0.29) is 18.1 Å². The molecule has 2 aromatic carbocycles. The molecule has 0 N–H and O–H groups in total. The number of hydrogen-bond donors (Lipinski definition) is 0.